The van der Waals surface area contributed by atoms with Gasteiger partial charge in [-0.15, -0.1) is 0 Å². The van der Waals surface area contributed by atoms with E-state index < -0.39 is 0 Å². The van der Waals surface area contributed by atoms with E-state index in [0.29, 0.717) is 6.04 Å². The number of fused-ring (bicyclic) bond motifs is 1. The van der Waals surface area contributed by atoms with Crippen molar-refractivity contribution in [2.24, 2.45) is 0 Å². The van der Waals surface area contributed by atoms with Gasteiger partial charge in [-0.3, -0.25) is 0 Å². The molecule has 0 N–H and O–H groups in total. The molecule has 3 heteroatoms. The Hall–Kier alpha value is -1.48. The van der Waals surface area contributed by atoms with Crippen molar-refractivity contribution < 1.29 is 9.47 Å². The maximum absolute atomic E-state index is 5.47. The third-order valence-electron chi connectivity index (χ3n) is 4.45. The van der Waals surface area contributed by atoms with E-state index in [-0.39, 0.29) is 0 Å². The molecule has 1 fully saturated rings. The minimum Gasteiger partial charge on any atom is -0.496 e. The lowest BCUT2D eigenvalue weighted by molar-refractivity contribution is 0.131. The summed E-state index contributed by atoms with van der Waals surface area (Å²) in [6.07, 6.45) is 7.04. The van der Waals surface area contributed by atoms with Gasteiger partial charge in [-0.1, -0.05) is 12.1 Å². The second-order valence-corrected chi connectivity index (χ2v) is 5.61. The second-order valence-electron chi connectivity index (χ2n) is 5.61. The van der Waals surface area contributed by atoms with Gasteiger partial charge in [0.25, 0.3) is 0 Å². The number of allylic oxidation sites excluding steroid dienone is 1. The molecular weight excluding hydrogens is 250 g/mol. The molecule has 3 rings (SSSR count). The molecule has 0 aromatic heterocycles. The number of hydrogen-bond donors (Lipinski definition) is 0. The Morgan fingerprint density at radius 1 is 1.25 bits per heavy atom. The normalized spacial score (nSPS) is 21.6. The Balaban J connectivity index is 1.87. The van der Waals surface area contributed by atoms with Gasteiger partial charge in [0, 0.05) is 24.9 Å². The predicted octanol–water partition coefficient (Wildman–Crippen LogP) is 3.09. The number of nitrogens with zero attached hydrogens (tertiary/aromatic N) is 1. The van der Waals surface area contributed by atoms with Crippen LogP contribution in [0.5, 0.6) is 5.75 Å². The number of methoxy groups -OCH3 is 2. The Labute approximate surface area is 121 Å². The number of ether oxygens (including phenoxy) is 2. The summed E-state index contributed by atoms with van der Waals surface area (Å²) in [6, 6.07) is 6.88. The average molecular weight is 273 g/mol. The molecule has 1 saturated heterocycles. The molecule has 1 atom stereocenters. The van der Waals surface area contributed by atoms with E-state index in [1.807, 2.05) is 0 Å². The maximum Gasteiger partial charge on any atom is 0.122 e. The molecule has 2 aliphatic rings. The summed E-state index contributed by atoms with van der Waals surface area (Å²) in [6.45, 7) is 2.00. The molecule has 0 unspecified atom stereocenters. The zero-order valence-corrected chi connectivity index (χ0v) is 12.4. The van der Waals surface area contributed by atoms with Crippen LogP contribution in [-0.4, -0.2) is 38.3 Å². The van der Waals surface area contributed by atoms with Gasteiger partial charge >= 0.3 is 0 Å². The standard InChI is InChI=1S/C17H23NO2/c1-19-12-15-6-4-10-18(15)14-8-9-16-13(11-14)5-3-7-17(16)20-2/h3,5,7,11,15H,4,6,8-10,12H2,1-2H3/t15-/m0/s1. The summed E-state index contributed by atoms with van der Waals surface area (Å²) >= 11 is 0. The van der Waals surface area contributed by atoms with Gasteiger partial charge in [-0.2, -0.15) is 0 Å². The van der Waals surface area contributed by atoms with E-state index in [9.17, 15) is 0 Å². The Kier molecular flexibility index (Phi) is 3.97. The molecule has 20 heavy (non-hydrogen) atoms. The highest BCUT2D eigenvalue weighted by Gasteiger charge is 2.27. The SMILES string of the molecule is COC[C@@H]1CCCN1C1=Cc2cccc(OC)c2CC1. The molecular formula is C17H23NO2. The number of rotatable bonds is 4. The molecule has 1 aromatic rings. The van der Waals surface area contributed by atoms with Gasteiger partial charge in [0.05, 0.1) is 19.8 Å². The molecule has 3 nitrogen and oxygen atoms in total. The Bertz CT molecular complexity index is 510. The van der Waals surface area contributed by atoms with Crippen molar-refractivity contribution in [1.29, 1.82) is 0 Å². The molecule has 0 amide bonds. The minimum atomic E-state index is 0.554. The number of likely N-dealkylation sites (tertiary alicyclic amines) is 1. The minimum absolute atomic E-state index is 0.554. The molecule has 0 saturated carbocycles. The lowest BCUT2D eigenvalue weighted by Gasteiger charge is -2.31. The monoisotopic (exact) mass is 273 g/mol. The molecule has 1 aliphatic heterocycles. The van der Waals surface area contributed by atoms with Crippen LogP contribution < -0.4 is 4.74 Å². The van der Waals surface area contributed by atoms with Gasteiger partial charge in [-0.05, 0) is 43.4 Å². The van der Waals surface area contributed by atoms with E-state index in [1.165, 1.54) is 36.2 Å². The highest BCUT2D eigenvalue weighted by molar-refractivity contribution is 5.62. The lowest BCUT2D eigenvalue weighted by atomic mass is 9.93. The Morgan fingerprint density at radius 2 is 2.15 bits per heavy atom. The fourth-order valence-corrected chi connectivity index (χ4v) is 3.49. The van der Waals surface area contributed by atoms with Gasteiger partial charge in [0.15, 0.2) is 0 Å². The second kappa shape index (κ2) is 5.88. The summed E-state index contributed by atoms with van der Waals surface area (Å²) in [5, 5.41) is 0. The van der Waals surface area contributed by atoms with Gasteiger partial charge in [0.1, 0.15) is 5.75 Å². The highest BCUT2D eigenvalue weighted by atomic mass is 16.5. The first-order valence-corrected chi connectivity index (χ1v) is 7.45. The first-order valence-electron chi connectivity index (χ1n) is 7.45. The fourth-order valence-electron chi connectivity index (χ4n) is 3.49. The smallest absolute Gasteiger partial charge is 0.122 e. The van der Waals surface area contributed by atoms with Crippen LogP contribution in [0.2, 0.25) is 0 Å². The van der Waals surface area contributed by atoms with Crippen LogP contribution in [0, 0.1) is 0 Å². The van der Waals surface area contributed by atoms with E-state index in [4.69, 9.17) is 9.47 Å². The molecule has 1 heterocycles. The maximum atomic E-state index is 5.47. The van der Waals surface area contributed by atoms with Crippen molar-refractivity contribution in [2.45, 2.75) is 31.7 Å². The molecule has 0 radical (unpaired) electrons. The predicted molar refractivity (Wildman–Crippen MR) is 80.9 cm³/mol. The molecule has 1 aromatic carbocycles. The molecule has 108 valence electrons. The zero-order valence-electron chi connectivity index (χ0n) is 12.4. The largest absolute Gasteiger partial charge is 0.496 e. The molecule has 1 aliphatic carbocycles. The van der Waals surface area contributed by atoms with Crippen LogP contribution in [0.4, 0.5) is 0 Å². The molecule has 0 spiro atoms. The summed E-state index contributed by atoms with van der Waals surface area (Å²) in [5.41, 5.74) is 4.13. The first kappa shape index (κ1) is 13.5. The summed E-state index contributed by atoms with van der Waals surface area (Å²) in [4.78, 5) is 2.55. The van der Waals surface area contributed by atoms with Gasteiger partial charge in [-0.25, -0.2) is 0 Å². The third-order valence-corrected chi connectivity index (χ3v) is 4.45. The van der Waals surface area contributed by atoms with Crippen LogP contribution in [0.3, 0.4) is 0 Å². The Morgan fingerprint density at radius 3 is 2.95 bits per heavy atom. The average Bonchev–Trinajstić information content (AvgIpc) is 2.94. The summed E-state index contributed by atoms with van der Waals surface area (Å²) < 4.78 is 10.8. The van der Waals surface area contributed by atoms with Crippen LogP contribution in [0.1, 0.15) is 30.4 Å². The van der Waals surface area contributed by atoms with Crippen LogP contribution in [-0.2, 0) is 11.2 Å². The van der Waals surface area contributed by atoms with Crippen molar-refractivity contribution >= 4 is 6.08 Å². The van der Waals surface area contributed by atoms with E-state index in [1.54, 1.807) is 14.2 Å². The third kappa shape index (κ3) is 2.42. The van der Waals surface area contributed by atoms with Crippen molar-refractivity contribution in [2.75, 3.05) is 27.4 Å². The van der Waals surface area contributed by atoms with E-state index in [2.05, 4.69) is 29.2 Å². The van der Waals surface area contributed by atoms with Crippen molar-refractivity contribution in [3.63, 3.8) is 0 Å². The van der Waals surface area contributed by atoms with E-state index >= 15 is 0 Å². The summed E-state index contributed by atoms with van der Waals surface area (Å²) in [5.74, 6) is 1.02. The van der Waals surface area contributed by atoms with Gasteiger partial charge < -0.3 is 14.4 Å². The van der Waals surface area contributed by atoms with Crippen molar-refractivity contribution in [3.05, 3.63) is 35.0 Å². The first-order chi connectivity index (χ1) is 9.83. The zero-order chi connectivity index (χ0) is 13.9. The van der Waals surface area contributed by atoms with Crippen molar-refractivity contribution in [1.82, 2.24) is 4.90 Å². The highest BCUT2D eigenvalue weighted by Crippen LogP contribution is 2.34. The van der Waals surface area contributed by atoms with Gasteiger partial charge in [0.2, 0.25) is 0 Å². The van der Waals surface area contributed by atoms with Crippen molar-refractivity contribution in [3.8, 4) is 5.75 Å². The van der Waals surface area contributed by atoms with Crippen LogP contribution in [0.25, 0.3) is 6.08 Å². The quantitative estimate of drug-likeness (QED) is 0.841. The topological polar surface area (TPSA) is 21.7 Å². The fraction of sp³-hybridized carbons (Fsp3) is 0.529. The van der Waals surface area contributed by atoms with E-state index in [0.717, 1.165) is 25.2 Å². The lowest BCUT2D eigenvalue weighted by Crippen LogP contribution is -2.33. The number of benzene rings is 1. The summed E-state index contributed by atoms with van der Waals surface area (Å²) in [7, 11) is 3.55. The van der Waals surface area contributed by atoms with Crippen LogP contribution >= 0.6 is 0 Å². The number of hydrogen-bond acceptors (Lipinski definition) is 3. The van der Waals surface area contributed by atoms with Crippen LogP contribution in [0.15, 0.2) is 23.9 Å². The molecule has 0 bridgehead atoms.